The van der Waals surface area contributed by atoms with E-state index < -0.39 is 11.1 Å². The number of esters is 1. The van der Waals surface area contributed by atoms with Crippen molar-refractivity contribution >= 4 is 5.97 Å². The smallest absolute Gasteiger partial charge is 0.339 e. The number of hydrogen-bond donors (Lipinski definition) is 1. The summed E-state index contributed by atoms with van der Waals surface area (Å²) in [5.74, 6) is 0.377. The van der Waals surface area contributed by atoms with Gasteiger partial charge in [-0.3, -0.25) is 0 Å². The molecule has 1 atom stereocenters. The molecule has 3 rings (SSSR count). The molecular weight excluding hydrogens is 302 g/mol. The zero-order valence-corrected chi connectivity index (χ0v) is 14.3. The summed E-state index contributed by atoms with van der Waals surface area (Å²) in [4.78, 5) is 12.7. The summed E-state index contributed by atoms with van der Waals surface area (Å²) in [6, 6.07) is 15.3. The lowest BCUT2D eigenvalue weighted by Gasteiger charge is -2.42. The normalized spacial score (nSPS) is 20.2. The lowest BCUT2D eigenvalue weighted by molar-refractivity contribution is -0.0417. The van der Waals surface area contributed by atoms with Crippen LogP contribution in [-0.2, 0) is 16.8 Å². The summed E-state index contributed by atoms with van der Waals surface area (Å²) in [6.07, 6.45) is 1.07. The van der Waals surface area contributed by atoms with Crippen LogP contribution in [-0.4, -0.2) is 18.6 Å². The van der Waals surface area contributed by atoms with Crippen LogP contribution in [0.25, 0.3) is 0 Å². The van der Waals surface area contributed by atoms with E-state index in [1.165, 1.54) is 0 Å². The average molecular weight is 325 g/mol. The molecule has 4 nitrogen and oxygen atoms in total. The summed E-state index contributed by atoms with van der Waals surface area (Å²) < 4.78 is 11.5. The van der Waals surface area contributed by atoms with E-state index in [-0.39, 0.29) is 5.97 Å². The second-order valence-electron chi connectivity index (χ2n) is 7.08. The van der Waals surface area contributed by atoms with Crippen LogP contribution in [0.5, 0.6) is 5.75 Å². The van der Waals surface area contributed by atoms with Gasteiger partial charge in [0.1, 0.15) is 11.4 Å². The summed E-state index contributed by atoms with van der Waals surface area (Å²) >= 11 is 0. The summed E-state index contributed by atoms with van der Waals surface area (Å²) in [5, 5.41) is 0. The van der Waals surface area contributed by atoms with Crippen LogP contribution in [0, 0.1) is 0 Å². The fourth-order valence-electron chi connectivity index (χ4n) is 3.52. The highest BCUT2D eigenvalue weighted by Gasteiger charge is 2.45. The predicted octanol–water partition coefficient (Wildman–Crippen LogP) is 3.43. The van der Waals surface area contributed by atoms with Gasteiger partial charge in [0.05, 0.1) is 12.7 Å². The summed E-state index contributed by atoms with van der Waals surface area (Å²) in [5.41, 5.74) is 7.42. The maximum Gasteiger partial charge on any atom is 0.339 e. The minimum Gasteiger partial charge on any atom is -0.496 e. The number of cyclic esters (lactones) is 1. The van der Waals surface area contributed by atoms with Gasteiger partial charge in [0.2, 0.25) is 0 Å². The highest BCUT2D eigenvalue weighted by molar-refractivity contribution is 5.93. The maximum absolute atomic E-state index is 12.7. The van der Waals surface area contributed by atoms with Gasteiger partial charge in [0.25, 0.3) is 0 Å². The molecule has 24 heavy (non-hydrogen) atoms. The Labute approximate surface area is 142 Å². The van der Waals surface area contributed by atoms with Crippen molar-refractivity contribution in [1.82, 2.24) is 0 Å². The Bertz CT molecular complexity index is 749. The van der Waals surface area contributed by atoms with Crippen LogP contribution in [0.4, 0.5) is 0 Å². The Morgan fingerprint density at radius 2 is 1.88 bits per heavy atom. The fraction of sp³-hybridized carbons (Fsp3) is 0.350. The molecule has 0 fully saturated rings. The van der Waals surface area contributed by atoms with Crippen LogP contribution < -0.4 is 10.5 Å². The van der Waals surface area contributed by atoms with Crippen molar-refractivity contribution in [3.8, 4) is 5.75 Å². The molecule has 0 spiro atoms. The van der Waals surface area contributed by atoms with Gasteiger partial charge in [0, 0.05) is 23.9 Å². The molecule has 126 valence electrons. The van der Waals surface area contributed by atoms with Gasteiger partial charge in [0.15, 0.2) is 0 Å². The minimum atomic E-state index is -0.793. The van der Waals surface area contributed by atoms with Gasteiger partial charge in [-0.05, 0) is 31.5 Å². The Hall–Kier alpha value is -2.33. The molecule has 2 N–H and O–H groups in total. The molecule has 0 radical (unpaired) electrons. The number of carbonyl (C=O) groups excluding carboxylic acids is 1. The quantitative estimate of drug-likeness (QED) is 0.875. The second kappa shape index (κ2) is 5.95. The lowest BCUT2D eigenvalue weighted by Crippen LogP contribution is -2.47. The first-order valence-electron chi connectivity index (χ1n) is 8.08. The van der Waals surface area contributed by atoms with Crippen LogP contribution in [0.15, 0.2) is 48.5 Å². The van der Waals surface area contributed by atoms with Crippen LogP contribution >= 0.6 is 0 Å². The maximum atomic E-state index is 12.7. The fourth-order valence-corrected chi connectivity index (χ4v) is 3.52. The third kappa shape index (κ3) is 3.02. The van der Waals surface area contributed by atoms with E-state index >= 15 is 0 Å². The van der Waals surface area contributed by atoms with Crippen molar-refractivity contribution in [1.29, 1.82) is 0 Å². The van der Waals surface area contributed by atoms with E-state index in [0.29, 0.717) is 24.2 Å². The topological polar surface area (TPSA) is 61.6 Å². The molecule has 0 bridgehead atoms. The number of carbonyl (C=O) groups is 1. The number of fused-ring (bicyclic) bond motifs is 1. The van der Waals surface area contributed by atoms with Gasteiger partial charge in [-0.1, -0.05) is 36.4 Å². The SMILES string of the molecule is COc1cccc2c1CC(CC(C)(C)N)(c1ccccc1)OC2=O. The molecule has 1 heterocycles. The molecule has 2 aromatic rings. The third-order valence-electron chi connectivity index (χ3n) is 4.36. The molecule has 1 unspecified atom stereocenters. The van der Waals surface area contributed by atoms with Gasteiger partial charge < -0.3 is 15.2 Å². The minimum absolute atomic E-state index is 0.330. The van der Waals surface area contributed by atoms with E-state index in [2.05, 4.69) is 0 Å². The zero-order chi connectivity index (χ0) is 17.4. The van der Waals surface area contributed by atoms with E-state index in [4.69, 9.17) is 15.2 Å². The average Bonchev–Trinajstić information content (AvgIpc) is 2.53. The lowest BCUT2D eigenvalue weighted by atomic mass is 9.76. The summed E-state index contributed by atoms with van der Waals surface area (Å²) in [7, 11) is 1.62. The Kier molecular flexibility index (Phi) is 4.10. The van der Waals surface area contributed by atoms with E-state index in [0.717, 1.165) is 11.1 Å². The number of rotatable bonds is 4. The van der Waals surface area contributed by atoms with Gasteiger partial charge >= 0.3 is 5.97 Å². The second-order valence-corrected chi connectivity index (χ2v) is 7.08. The molecule has 1 aliphatic rings. The molecular formula is C20H23NO3. The zero-order valence-electron chi connectivity index (χ0n) is 14.3. The number of ether oxygens (including phenoxy) is 2. The van der Waals surface area contributed by atoms with Crippen molar-refractivity contribution in [3.63, 3.8) is 0 Å². The molecule has 0 saturated heterocycles. The molecule has 0 amide bonds. The molecule has 2 aromatic carbocycles. The number of methoxy groups -OCH3 is 1. The third-order valence-corrected chi connectivity index (χ3v) is 4.36. The van der Waals surface area contributed by atoms with Crippen molar-refractivity contribution in [2.24, 2.45) is 5.73 Å². The standard InChI is InChI=1S/C20H23NO3/c1-19(2,21)13-20(14-8-5-4-6-9-14)12-16-15(18(22)24-20)10-7-11-17(16)23-3/h4-11H,12-13,21H2,1-3H3. The monoisotopic (exact) mass is 325 g/mol. The van der Waals surface area contributed by atoms with Crippen molar-refractivity contribution in [2.75, 3.05) is 7.11 Å². The summed E-state index contributed by atoms with van der Waals surface area (Å²) in [6.45, 7) is 3.90. The van der Waals surface area contributed by atoms with Crippen molar-refractivity contribution in [3.05, 3.63) is 65.2 Å². The Morgan fingerprint density at radius 3 is 2.50 bits per heavy atom. The van der Waals surface area contributed by atoms with Crippen LogP contribution in [0.2, 0.25) is 0 Å². The highest BCUT2D eigenvalue weighted by Crippen LogP contribution is 2.43. The van der Waals surface area contributed by atoms with Crippen LogP contribution in [0.3, 0.4) is 0 Å². The van der Waals surface area contributed by atoms with Crippen molar-refractivity contribution in [2.45, 2.75) is 37.8 Å². The molecule has 0 aromatic heterocycles. The Balaban J connectivity index is 2.16. The number of hydrogen-bond acceptors (Lipinski definition) is 4. The van der Waals surface area contributed by atoms with Gasteiger partial charge in [-0.25, -0.2) is 4.79 Å². The first-order chi connectivity index (χ1) is 11.3. The van der Waals surface area contributed by atoms with E-state index in [9.17, 15) is 4.79 Å². The van der Waals surface area contributed by atoms with Gasteiger partial charge in [-0.15, -0.1) is 0 Å². The first kappa shape index (κ1) is 16.5. The molecule has 0 aliphatic carbocycles. The number of benzene rings is 2. The van der Waals surface area contributed by atoms with Gasteiger partial charge in [-0.2, -0.15) is 0 Å². The number of nitrogens with two attached hydrogens (primary N) is 1. The van der Waals surface area contributed by atoms with E-state index in [1.54, 1.807) is 19.2 Å². The Morgan fingerprint density at radius 1 is 1.17 bits per heavy atom. The highest BCUT2D eigenvalue weighted by atomic mass is 16.6. The van der Waals surface area contributed by atoms with E-state index in [1.807, 2.05) is 50.2 Å². The van der Waals surface area contributed by atoms with Crippen molar-refractivity contribution < 1.29 is 14.3 Å². The molecule has 4 heteroatoms. The molecule has 0 saturated carbocycles. The predicted molar refractivity (Wildman–Crippen MR) is 93.1 cm³/mol. The molecule has 1 aliphatic heterocycles. The van der Waals surface area contributed by atoms with Crippen LogP contribution in [0.1, 0.15) is 41.8 Å². The largest absolute Gasteiger partial charge is 0.496 e. The first-order valence-corrected chi connectivity index (χ1v) is 8.08.